The molecule has 1 unspecified atom stereocenters. The van der Waals surface area contributed by atoms with E-state index in [1.165, 1.54) is 0 Å². The Hall–Kier alpha value is -2.69. The summed E-state index contributed by atoms with van der Waals surface area (Å²) in [6.07, 6.45) is 0.106. The highest BCUT2D eigenvalue weighted by Crippen LogP contribution is 2.35. The zero-order valence-corrected chi connectivity index (χ0v) is 14.0. The lowest BCUT2D eigenvalue weighted by Crippen LogP contribution is -2.27. The molecular weight excluding hydrogens is 306 g/mol. The van der Waals surface area contributed by atoms with Gasteiger partial charge < -0.3 is 19.5 Å². The number of ether oxygens (including phenoxy) is 3. The Kier molecular flexibility index (Phi) is 4.60. The van der Waals surface area contributed by atoms with Crippen LogP contribution in [0.4, 0.5) is 0 Å². The van der Waals surface area contributed by atoms with E-state index in [1.807, 2.05) is 45.0 Å². The number of fused-ring (bicyclic) bond motifs is 1. The van der Waals surface area contributed by atoms with Crippen LogP contribution in [0.15, 0.2) is 42.5 Å². The van der Waals surface area contributed by atoms with Crippen molar-refractivity contribution >= 4 is 5.91 Å². The molecule has 5 heteroatoms. The molecule has 1 amide bonds. The Bertz CT molecular complexity index is 742. The fourth-order valence-electron chi connectivity index (χ4n) is 2.60. The first-order chi connectivity index (χ1) is 11.5. The Morgan fingerprint density at radius 1 is 1.12 bits per heavy atom. The van der Waals surface area contributed by atoms with Crippen LogP contribution < -0.4 is 19.5 Å². The lowest BCUT2D eigenvalue weighted by atomic mass is 10.1. The summed E-state index contributed by atoms with van der Waals surface area (Å²) in [7, 11) is 0. The van der Waals surface area contributed by atoms with E-state index in [0.29, 0.717) is 17.1 Å². The molecule has 1 atom stereocenters. The van der Waals surface area contributed by atoms with Gasteiger partial charge in [-0.25, -0.2) is 0 Å². The van der Waals surface area contributed by atoms with Crippen LogP contribution in [0.1, 0.15) is 42.7 Å². The highest BCUT2D eigenvalue weighted by atomic mass is 16.7. The standard InChI is InChI=1S/C19H21NO4/c1-12(2)24-15-7-4-6-14(10-15)13(3)20-19(21)16-8-5-9-17-18(16)23-11-22-17/h4-10,12-13H,11H2,1-3H3,(H,20,21). The number of hydrogen-bond donors (Lipinski definition) is 1. The molecule has 2 aromatic carbocycles. The number of para-hydroxylation sites is 1. The maximum atomic E-state index is 12.6. The fourth-order valence-corrected chi connectivity index (χ4v) is 2.60. The minimum absolute atomic E-state index is 0.106. The van der Waals surface area contributed by atoms with Crippen molar-refractivity contribution in [2.45, 2.75) is 32.9 Å². The summed E-state index contributed by atoms with van der Waals surface area (Å²) >= 11 is 0. The molecule has 126 valence electrons. The zero-order valence-electron chi connectivity index (χ0n) is 14.0. The molecule has 0 saturated carbocycles. The molecule has 0 aliphatic carbocycles. The van der Waals surface area contributed by atoms with Crippen LogP contribution in [0, 0.1) is 0 Å². The molecule has 1 N–H and O–H groups in total. The van der Waals surface area contributed by atoms with Gasteiger partial charge >= 0.3 is 0 Å². The van der Waals surface area contributed by atoms with Gasteiger partial charge in [0.15, 0.2) is 11.5 Å². The number of benzene rings is 2. The van der Waals surface area contributed by atoms with Crippen molar-refractivity contribution in [2.75, 3.05) is 6.79 Å². The second kappa shape index (κ2) is 6.83. The number of amides is 1. The van der Waals surface area contributed by atoms with Gasteiger partial charge in [0.2, 0.25) is 6.79 Å². The molecule has 0 aromatic heterocycles. The quantitative estimate of drug-likeness (QED) is 0.910. The van der Waals surface area contributed by atoms with Crippen LogP contribution >= 0.6 is 0 Å². The van der Waals surface area contributed by atoms with E-state index in [9.17, 15) is 4.79 Å². The van der Waals surface area contributed by atoms with Gasteiger partial charge in [0.25, 0.3) is 5.91 Å². The van der Waals surface area contributed by atoms with Crippen LogP contribution in [0.5, 0.6) is 17.2 Å². The predicted octanol–water partition coefficient (Wildman–Crippen LogP) is 3.69. The Balaban J connectivity index is 1.74. The largest absolute Gasteiger partial charge is 0.491 e. The zero-order chi connectivity index (χ0) is 17.1. The molecule has 1 heterocycles. The molecule has 1 aliphatic rings. The minimum Gasteiger partial charge on any atom is -0.491 e. The molecular formula is C19H21NO4. The molecule has 1 aliphatic heterocycles. The van der Waals surface area contributed by atoms with E-state index in [2.05, 4.69) is 5.32 Å². The fraction of sp³-hybridized carbons (Fsp3) is 0.316. The summed E-state index contributed by atoms with van der Waals surface area (Å²) in [6.45, 7) is 6.04. The van der Waals surface area contributed by atoms with Crippen molar-refractivity contribution in [1.82, 2.24) is 5.32 Å². The van der Waals surface area contributed by atoms with Crippen molar-refractivity contribution in [3.8, 4) is 17.2 Å². The van der Waals surface area contributed by atoms with E-state index in [4.69, 9.17) is 14.2 Å². The topological polar surface area (TPSA) is 56.8 Å². The van der Waals surface area contributed by atoms with Crippen molar-refractivity contribution in [3.05, 3.63) is 53.6 Å². The van der Waals surface area contributed by atoms with Gasteiger partial charge in [-0.2, -0.15) is 0 Å². The first kappa shape index (κ1) is 16.2. The summed E-state index contributed by atoms with van der Waals surface area (Å²) < 4.78 is 16.4. The summed E-state index contributed by atoms with van der Waals surface area (Å²) in [4.78, 5) is 12.6. The van der Waals surface area contributed by atoms with Crippen LogP contribution in [0.3, 0.4) is 0 Å². The first-order valence-corrected chi connectivity index (χ1v) is 8.00. The molecule has 5 nitrogen and oxygen atoms in total. The van der Waals surface area contributed by atoms with Crippen LogP contribution in [0.25, 0.3) is 0 Å². The molecule has 0 radical (unpaired) electrons. The van der Waals surface area contributed by atoms with Crippen LogP contribution in [0.2, 0.25) is 0 Å². The normalized spacial score (nSPS) is 13.7. The molecule has 2 aromatic rings. The molecule has 0 saturated heterocycles. The van der Waals surface area contributed by atoms with Gasteiger partial charge in [0, 0.05) is 0 Å². The van der Waals surface area contributed by atoms with Crippen molar-refractivity contribution in [2.24, 2.45) is 0 Å². The smallest absolute Gasteiger partial charge is 0.255 e. The lowest BCUT2D eigenvalue weighted by Gasteiger charge is -2.17. The first-order valence-electron chi connectivity index (χ1n) is 8.00. The van der Waals surface area contributed by atoms with Gasteiger partial charge in [-0.1, -0.05) is 18.2 Å². The van der Waals surface area contributed by atoms with Crippen LogP contribution in [-0.2, 0) is 0 Å². The number of carbonyl (C=O) groups excluding carboxylic acids is 1. The molecule has 0 spiro atoms. The summed E-state index contributed by atoms with van der Waals surface area (Å²) in [5, 5.41) is 2.99. The highest BCUT2D eigenvalue weighted by Gasteiger charge is 2.22. The second-order valence-electron chi connectivity index (χ2n) is 5.97. The van der Waals surface area contributed by atoms with Gasteiger partial charge in [-0.05, 0) is 50.6 Å². The second-order valence-corrected chi connectivity index (χ2v) is 5.97. The third kappa shape index (κ3) is 3.45. The monoisotopic (exact) mass is 327 g/mol. The lowest BCUT2D eigenvalue weighted by molar-refractivity contribution is 0.0935. The van der Waals surface area contributed by atoms with Gasteiger partial charge in [-0.3, -0.25) is 4.79 Å². The van der Waals surface area contributed by atoms with E-state index >= 15 is 0 Å². The molecule has 24 heavy (non-hydrogen) atoms. The minimum atomic E-state index is -0.194. The maximum absolute atomic E-state index is 12.6. The summed E-state index contributed by atoms with van der Waals surface area (Å²) in [5.74, 6) is 1.70. The third-order valence-electron chi connectivity index (χ3n) is 3.72. The van der Waals surface area contributed by atoms with Crippen molar-refractivity contribution in [1.29, 1.82) is 0 Å². The van der Waals surface area contributed by atoms with E-state index < -0.39 is 0 Å². The van der Waals surface area contributed by atoms with Crippen LogP contribution in [-0.4, -0.2) is 18.8 Å². The van der Waals surface area contributed by atoms with E-state index in [1.54, 1.807) is 18.2 Å². The van der Waals surface area contributed by atoms with Crippen molar-refractivity contribution < 1.29 is 19.0 Å². The summed E-state index contributed by atoms with van der Waals surface area (Å²) in [6, 6.07) is 12.9. The Morgan fingerprint density at radius 3 is 2.71 bits per heavy atom. The third-order valence-corrected chi connectivity index (χ3v) is 3.72. The molecule has 0 fully saturated rings. The van der Waals surface area contributed by atoms with E-state index in [0.717, 1.165) is 11.3 Å². The average Bonchev–Trinajstić information content (AvgIpc) is 3.02. The molecule has 0 bridgehead atoms. The van der Waals surface area contributed by atoms with Gasteiger partial charge in [0.1, 0.15) is 5.75 Å². The Labute approximate surface area is 141 Å². The predicted molar refractivity (Wildman–Crippen MR) is 90.7 cm³/mol. The average molecular weight is 327 g/mol. The number of carbonyl (C=O) groups is 1. The van der Waals surface area contributed by atoms with Crippen molar-refractivity contribution in [3.63, 3.8) is 0 Å². The van der Waals surface area contributed by atoms with Gasteiger partial charge in [0.05, 0.1) is 17.7 Å². The molecule has 3 rings (SSSR count). The number of rotatable bonds is 5. The number of nitrogens with one attached hydrogen (secondary N) is 1. The summed E-state index contributed by atoms with van der Waals surface area (Å²) in [5.41, 5.74) is 1.46. The number of hydrogen-bond acceptors (Lipinski definition) is 4. The SMILES string of the molecule is CC(C)Oc1cccc(C(C)NC(=O)c2cccc3c2OCO3)c1. The highest BCUT2D eigenvalue weighted by molar-refractivity contribution is 5.98. The van der Waals surface area contributed by atoms with Gasteiger partial charge in [-0.15, -0.1) is 0 Å². The Morgan fingerprint density at radius 2 is 1.92 bits per heavy atom. The maximum Gasteiger partial charge on any atom is 0.255 e. The van der Waals surface area contributed by atoms with E-state index in [-0.39, 0.29) is 24.8 Å².